The number of carbonyl (C=O) groups is 3. The Balaban J connectivity index is 1.47. The number of carbonyl (C=O) groups excluding carboxylic acids is 2. The van der Waals surface area contributed by atoms with E-state index < -0.39 is 30.1 Å². The molecule has 182 valence electrons. The van der Waals surface area contributed by atoms with Gasteiger partial charge in [0, 0.05) is 31.3 Å². The van der Waals surface area contributed by atoms with Crippen LogP contribution in [0.3, 0.4) is 0 Å². The van der Waals surface area contributed by atoms with E-state index in [1.54, 1.807) is 25.3 Å². The standard InChI is InChI=1S/C27H29N3O5/c1-3-24(26(32)33)30(2)25(31)23(15-17-9-8-14-28-17)29-27(34)35-16-22-20-12-6-4-10-18(20)19-11-5-7-13-21(19)22/h4-14,22-24,28H,3,15-16H2,1-2H3,(H,29,34)(H,32,33). The minimum atomic E-state index is -1.09. The van der Waals surface area contributed by atoms with E-state index in [1.165, 1.54) is 11.9 Å². The molecular formula is C27H29N3O5. The molecule has 1 aromatic heterocycles. The average Bonchev–Trinajstić information content (AvgIpc) is 3.48. The van der Waals surface area contributed by atoms with Crippen LogP contribution >= 0.6 is 0 Å². The van der Waals surface area contributed by atoms with Gasteiger partial charge in [-0.05, 0) is 40.8 Å². The van der Waals surface area contributed by atoms with E-state index in [0.29, 0.717) is 0 Å². The van der Waals surface area contributed by atoms with Crippen molar-refractivity contribution in [3.05, 3.63) is 83.7 Å². The summed E-state index contributed by atoms with van der Waals surface area (Å²) in [6.45, 7) is 1.81. The molecule has 0 saturated heterocycles. The number of aromatic nitrogens is 1. The van der Waals surface area contributed by atoms with Gasteiger partial charge in [-0.25, -0.2) is 9.59 Å². The number of H-pyrrole nitrogens is 1. The Morgan fingerprint density at radius 1 is 1.03 bits per heavy atom. The molecule has 8 nitrogen and oxygen atoms in total. The molecule has 3 aromatic rings. The number of carboxylic acid groups (broad SMARTS) is 1. The number of nitrogens with one attached hydrogen (secondary N) is 2. The van der Waals surface area contributed by atoms with E-state index in [-0.39, 0.29) is 25.4 Å². The number of fused-ring (bicyclic) bond motifs is 3. The highest BCUT2D eigenvalue weighted by atomic mass is 16.5. The number of aromatic amines is 1. The average molecular weight is 476 g/mol. The maximum absolute atomic E-state index is 13.2. The molecule has 2 unspecified atom stereocenters. The molecule has 1 heterocycles. The van der Waals surface area contributed by atoms with Crippen LogP contribution < -0.4 is 5.32 Å². The third kappa shape index (κ3) is 5.06. The maximum atomic E-state index is 13.2. The van der Waals surface area contributed by atoms with E-state index in [9.17, 15) is 19.5 Å². The molecule has 2 aromatic carbocycles. The summed E-state index contributed by atoms with van der Waals surface area (Å²) in [5.74, 6) is -1.70. The Morgan fingerprint density at radius 3 is 2.20 bits per heavy atom. The zero-order chi connectivity index (χ0) is 24.9. The Labute approximate surface area is 203 Å². The second-order valence-electron chi connectivity index (χ2n) is 8.63. The first-order valence-electron chi connectivity index (χ1n) is 11.6. The fourth-order valence-corrected chi connectivity index (χ4v) is 4.71. The minimum absolute atomic E-state index is 0.107. The number of rotatable bonds is 9. The lowest BCUT2D eigenvalue weighted by molar-refractivity contribution is -0.149. The number of amides is 2. The molecule has 4 rings (SSSR count). The minimum Gasteiger partial charge on any atom is -0.480 e. The van der Waals surface area contributed by atoms with Crippen molar-refractivity contribution in [3.8, 4) is 11.1 Å². The lowest BCUT2D eigenvalue weighted by Crippen LogP contribution is -2.53. The van der Waals surface area contributed by atoms with Gasteiger partial charge in [-0.15, -0.1) is 0 Å². The molecule has 3 N–H and O–H groups in total. The Hall–Kier alpha value is -4.07. The fraction of sp³-hybridized carbons (Fsp3) is 0.296. The normalized spacial score (nSPS) is 13.9. The summed E-state index contributed by atoms with van der Waals surface area (Å²) in [6, 6.07) is 17.7. The van der Waals surface area contributed by atoms with Crippen molar-refractivity contribution in [2.45, 2.75) is 37.8 Å². The quantitative estimate of drug-likeness (QED) is 0.436. The van der Waals surface area contributed by atoms with Crippen LogP contribution in [0.2, 0.25) is 0 Å². The van der Waals surface area contributed by atoms with Gasteiger partial charge in [0.25, 0.3) is 0 Å². The molecule has 2 atom stereocenters. The zero-order valence-corrected chi connectivity index (χ0v) is 19.7. The van der Waals surface area contributed by atoms with Gasteiger partial charge in [-0.1, -0.05) is 55.5 Å². The lowest BCUT2D eigenvalue weighted by Gasteiger charge is -2.28. The van der Waals surface area contributed by atoms with Crippen LogP contribution in [0.5, 0.6) is 0 Å². The van der Waals surface area contributed by atoms with Gasteiger partial charge < -0.3 is 25.0 Å². The third-order valence-electron chi connectivity index (χ3n) is 6.51. The zero-order valence-electron chi connectivity index (χ0n) is 19.7. The number of hydrogen-bond acceptors (Lipinski definition) is 4. The summed E-state index contributed by atoms with van der Waals surface area (Å²) >= 11 is 0. The number of carboxylic acids is 1. The van der Waals surface area contributed by atoms with Crippen LogP contribution in [-0.2, 0) is 20.7 Å². The van der Waals surface area contributed by atoms with E-state index in [2.05, 4.69) is 22.4 Å². The third-order valence-corrected chi connectivity index (χ3v) is 6.51. The van der Waals surface area contributed by atoms with E-state index in [0.717, 1.165) is 27.9 Å². The molecule has 0 bridgehead atoms. The summed E-state index contributed by atoms with van der Waals surface area (Å²) in [7, 11) is 1.44. The number of aliphatic carboxylic acids is 1. The Kier molecular flexibility index (Phi) is 7.19. The predicted molar refractivity (Wildman–Crippen MR) is 131 cm³/mol. The van der Waals surface area contributed by atoms with Gasteiger partial charge in [0.05, 0.1) is 0 Å². The molecule has 35 heavy (non-hydrogen) atoms. The first-order chi connectivity index (χ1) is 16.9. The highest BCUT2D eigenvalue weighted by Crippen LogP contribution is 2.44. The number of benzene rings is 2. The number of ether oxygens (including phenoxy) is 1. The van der Waals surface area contributed by atoms with Crippen LogP contribution in [0.1, 0.15) is 36.1 Å². The molecule has 1 aliphatic rings. The molecule has 0 radical (unpaired) electrons. The van der Waals surface area contributed by atoms with Gasteiger partial charge in [-0.2, -0.15) is 0 Å². The first-order valence-corrected chi connectivity index (χ1v) is 11.6. The van der Waals surface area contributed by atoms with E-state index >= 15 is 0 Å². The second-order valence-corrected chi connectivity index (χ2v) is 8.63. The van der Waals surface area contributed by atoms with E-state index in [1.807, 2.05) is 36.4 Å². The molecule has 0 aliphatic heterocycles. The largest absolute Gasteiger partial charge is 0.480 e. The highest BCUT2D eigenvalue weighted by molar-refractivity contribution is 5.89. The molecular weight excluding hydrogens is 446 g/mol. The monoisotopic (exact) mass is 475 g/mol. The van der Waals surface area contributed by atoms with Crippen LogP contribution in [0, 0.1) is 0 Å². The Bertz CT molecular complexity index is 1160. The molecule has 1 aliphatic carbocycles. The van der Waals surface area contributed by atoms with Crippen molar-refractivity contribution in [3.63, 3.8) is 0 Å². The number of nitrogens with zero attached hydrogens (tertiary/aromatic N) is 1. The second kappa shape index (κ2) is 10.5. The summed E-state index contributed by atoms with van der Waals surface area (Å²) in [5.41, 5.74) is 5.16. The van der Waals surface area contributed by atoms with Gasteiger partial charge >= 0.3 is 12.1 Å². The summed E-state index contributed by atoms with van der Waals surface area (Å²) < 4.78 is 5.61. The Morgan fingerprint density at radius 2 is 1.66 bits per heavy atom. The topological polar surface area (TPSA) is 112 Å². The number of likely N-dealkylation sites (N-methyl/N-ethyl adjacent to an activating group) is 1. The molecule has 0 spiro atoms. The lowest BCUT2D eigenvalue weighted by atomic mass is 9.98. The molecule has 2 amide bonds. The predicted octanol–water partition coefficient (Wildman–Crippen LogP) is 3.79. The van der Waals surface area contributed by atoms with Crippen LogP contribution in [0.15, 0.2) is 66.9 Å². The van der Waals surface area contributed by atoms with Crippen LogP contribution in [0.4, 0.5) is 4.79 Å². The van der Waals surface area contributed by atoms with E-state index in [4.69, 9.17) is 4.74 Å². The van der Waals surface area contributed by atoms with Crippen LogP contribution in [-0.4, -0.2) is 58.7 Å². The highest BCUT2D eigenvalue weighted by Gasteiger charge is 2.33. The molecule has 8 heteroatoms. The van der Waals surface area contributed by atoms with Gasteiger partial charge in [0.2, 0.25) is 5.91 Å². The van der Waals surface area contributed by atoms with Gasteiger partial charge in [0.15, 0.2) is 0 Å². The summed E-state index contributed by atoms with van der Waals surface area (Å²) in [6.07, 6.45) is 1.42. The van der Waals surface area contributed by atoms with Crippen molar-refractivity contribution in [2.24, 2.45) is 0 Å². The van der Waals surface area contributed by atoms with Crippen molar-refractivity contribution in [1.29, 1.82) is 0 Å². The van der Waals surface area contributed by atoms with Crippen LogP contribution in [0.25, 0.3) is 11.1 Å². The smallest absolute Gasteiger partial charge is 0.407 e. The summed E-state index contributed by atoms with van der Waals surface area (Å²) in [4.78, 5) is 41.8. The molecule has 0 fully saturated rings. The van der Waals surface area contributed by atoms with Crippen molar-refractivity contribution in [2.75, 3.05) is 13.7 Å². The number of hydrogen-bond donors (Lipinski definition) is 3. The maximum Gasteiger partial charge on any atom is 0.407 e. The van der Waals surface area contributed by atoms with Crippen molar-refractivity contribution in [1.82, 2.24) is 15.2 Å². The fourth-order valence-electron chi connectivity index (χ4n) is 4.71. The van der Waals surface area contributed by atoms with Gasteiger partial charge in [0.1, 0.15) is 18.7 Å². The van der Waals surface area contributed by atoms with Gasteiger partial charge in [-0.3, -0.25) is 4.79 Å². The SMILES string of the molecule is CCC(C(=O)O)N(C)C(=O)C(Cc1ccc[nH]1)NC(=O)OCC1c2ccccc2-c2ccccc21. The van der Waals surface area contributed by atoms with Crippen molar-refractivity contribution >= 4 is 18.0 Å². The summed E-state index contributed by atoms with van der Waals surface area (Å²) in [5, 5.41) is 12.1. The number of alkyl carbamates (subject to hydrolysis) is 1. The molecule has 0 saturated carbocycles. The van der Waals surface area contributed by atoms with Crippen molar-refractivity contribution < 1.29 is 24.2 Å². The first kappa shape index (κ1) is 24.1.